The summed E-state index contributed by atoms with van der Waals surface area (Å²) in [5.41, 5.74) is 1.33. The lowest BCUT2D eigenvalue weighted by atomic mass is 9.94. The van der Waals surface area contributed by atoms with Gasteiger partial charge in [0.15, 0.2) is 0 Å². The van der Waals surface area contributed by atoms with Crippen LogP contribution in [0.5, 0.6) is 0 Å². The second kappa shape index (κ2) is 6.92. The highest BCUT2D eigenvalue weighted by Gasteiger charge is 2.16. The van der Waals surface area contributed by atoms with E-state index in [1.165, 1.54) is 5.56 Å². The molecule has 0 radical (unpaired) electrons. The molecule has 2 nitrogen and oxygen atoms in total. The zero-order valence-corrected chi connectivity index (χ0v) is 13.0. The minimum absolute atomic E-state index is 0.407. The third kappa shape index (κ3) is 4.22. The van der Waals surface area contributed by atoms with Crippen molar-refractivity contribution in [3.8, 4) is 0 Å². The summed E-state index contributed by atoms with van der Waals surface area (Å²) >= 11 is 3.65. The molecule has 1 aromatic carbocycles. The van der Waals surface area contributed by atoms with Crippen LogP contribution in [-0.2, 0) is 6.42 Å². The first-order valence-electron chi connectivity index (χ1n) is 6.67. The van der Waals surface area contributed by atoms with Gasteiger partial charge >= 0.3 is 0 Å². The maximum absolute atomic E-state index is 5.49. The molecule has 102 valence electrons. The lowest BCUT2D eigenvalue weighted by molar-refractivity contribution is 0.461. The number of halogens is 1. The SMILES string of the molecule is CC(C)NCC(Cc1ccco1)c1ccccc1Br. The molecule has 0 fully saturated rings. The zero-order valence-electron chi connectivity index (χ0n) is 11.4. The standard InChI is InChI=1S/C16H20BrNO/c1-12(2)18-11-13(10-14-6-5-9-19-14)15-7-3-4-8-16(15)17/h3-9,12-13,18H,10-11H2,1-2H3. The first-order chi connectivity index (χ1) is 9.16. The van der Waals surface area contributed by atoms with Crippen LogP contribution >= 0.6 is 15.9 Å². The molecule has 0 spiro atoms. The van der Waals surface area contributed by atoms with Crippen LogP contribution in [0.2, 0.25) is 0 Å². The largest absolute Gasteiger partial charge is 0.469 e. The Labute approximate surface area is 123 Å². The van der Waals surface area contributed by atoms with Gasteiger partial charge in [-0.1, -0.05) is 48.0 Å². The Hall–Kier alpha value is -1.06. The van der Waals surface area contributed by atoms with Crippen molar-refractivity contribution in [2.45, 2.75) is 32.2 Å². The van der Waals surface area contributed by atoms with Gasteiger partial charge in [-0.2, -0.15) is 0 Å². The van der Waals surface area contributed by atoms with Crippen LogP contribution in [-0.4, -0.2) is 12.6 Å². The molecule has 3 heteroatoms. The summed E-state index contributed by atoms with van der Waals surface area (Å²) in [7, 11) is 0. The molecule has 0 aliphatic carbocycles. The van der Waals surface area contributed by atoms with Gasteiger partial charge in [0.05, 0.1) is 6.26 Å². The van der Waals surface area contributed by atoms with Crippen molar-refractivity contribution in [3.63, 3.8) is 0 Å². The van der Waals surface area contributed by atoms with Gasteiger partial charge in [-0.3, -0.25) is 0 Å². The van der Waals surface area contributed by atoms with Crippen LogP contribution in [0.4, 0.5) is 0 Å². The lowest BCUT2D eigenvalue weighted by Gasteiger charge is -2.20. The van der Waals surface area contributed by atoms with Crippen molar-refractivity contribution < 1.29 is 4.42 Å². The first-order valence-corrected chi connectivity index (χ1v) is 7.46. The maximum Gasteiger partial charge on any atom is 0.104 e. The van der Waals surface area contributed by atoms with Gasteiger partial charge in [0.2, 0.25) is 0 Å². The minimum atomic E-state index is 0.407. The number of benzene rings is 1. The topological polar surface area (TPSA) is 25.2 Å². The van der Waals surface area contributed by atoms with Crippen LogP contribution in [0.3, 0.4) is 0 Å². The van der Waals surface area contributed by atoms with Crippen molar-refractivity contribution in [1.29, 1.82) is 0 Å². The summed E-state index contributed by atoms with van der Waals surface area (Å²) < 4.78 is 6.65. The van der Waals surface area contributed by atoms with E-state index in [0.29, 0.717) is 12.0 Å². The highest BCUT2D eigenvalue weighted by molar-refractivity contribution is 9.10. The molecule has 1 N–H and O–H groups in total. The van der Waals surface area contributed by atoms with Gasteiger partial charge < -0.3 is 9.73 Å². The molecule has 1 heterocycles. The molecule has 0 saturated heterocycles. The normalized spacial score (nSPS) is 12.8. The number of furan rings is 1. The van der Waals surface area contributed by atoms with E-state index in [-0.39, 0.29) is 0 Å². The van der Waals surface area contributed by atoms with E-state index >= 15 is 0 Å². The summed E-state index contributed by atoms with van der Waals surface area (Å²) in [5, 5.41) is 3.52. The van der Waals surface area contributed by atoms with Crippen LogP contribution in [0.1, 0.15) is 31.1 Å². The Morgan fingerprint density at radius 3 is 2.58 bits per heavy atom. The first kappa shape index (κ1) is 14.4. The Morgan fingerprint density at radius 1 is 1.16 bits per heavy atom. The van der Waals surface area contributed by atoms with E-state index in [2.05, 4.69) is 53.3 Å². The molecule has 2 aromatic rings. The third-order valence-electron chi connectivity index (χ3n) is 3.15. The molecule has 1 aromatic heterocycles. The predicted octanol–water partition coefficient (Wildman–Crippen LogP) is 4.37. The molecular weight excluding hydrogens is 302 g/mol. The number of nitrogens with one attached hydrogen (secondary N) is 1. The maximum atomic E-state index is 5.49. The van der Waals surface area contributed by atoms with Gasteiger partial charge in [0.1, 0.15) is 5.76 Å². The van der Waals surface area contributed by atoms with Gasteiger partial charge in [-0.05, 0) is 23.8 Å². The molecule has 2 rings (SSSR count). The number of hydrogen-bond donors (Lipinski definition) is 1. The number of hydrogen-bond acceptors (Lipinski definition) is 2. The molecule has 19 heavy (non-hydrogen) atoms. The fraction of sp³-hybridized carbons (Fsp3) is 0.375. The van der Waals surface area contributed by atoms with Crippen molar-refractivity contribution >= 4 is 15.9 Å². The highest BCUT2D eigenvalue weighted by atomic mass is 79.9. The van der Waals surface area contributed by atoms with Crippen LogP contribution in [0.15, 0.2) is 51.6 Å². The number of rotatable bonds is 6. The average Bonchev–Trinajstić information content (AvgIpc) is 2.88. The van der Waals surface area contributed by atoms with E-state index in [1.54, 1.807) is 6.26 Å². The van der Waals surface area contributed by atoms with Crippen molar-refractivity contribution in [1.82, 2.24) is 5.32 Å². The summed E-state index contributed by atoms with van der Waals surface area (Å²) in [6, 6.07) is 12.9. The van der Waals surface area contributed by atoms with E-state index in [9.17, 15) is 0 Å². The second-order valence-corrected chi connectivity index (χ2v) is 5.92. The fourth-order valence-corrected chi connectivity index (χ4v) is 2.76. The van der Waals surface area contributed by atoms with Gasteiger partial charge in [-0.25, -0.2) is 0 Å². The molecular formula is C16H20BrNO. The monoisotopic (exact) mass is 321 g/mol. The molecule has 1 unspecified atom stereocenters. The Bertz CT molecular complexity index is 493. The minimum Gasteiger partial charge on any atom is -0.469 e. The molecule has 1 atom stereocenters. The Morgan fingerprint density at radius 2 is 1.95 bits per heavy atom. The Kier molecular flexibility index (Phi) is 5.23. The molecule has 0 bridgehead atoms. The van der Waals surface area contributed by atoms with Crippen LogP contribution in [0.25, 0.3) is 0 Å². The van der Waals surface area contributed by atoms with Gasteiger partial charge in [0.25, 0.3) is 0 Å². The quantitative estimate of drug-likeness (QED) is 0.854. The highest BCUT2D eigenvalue weighted by Crippen LogP contribution is 2.27. The smallest absolute Gasteiger partial charge is 0.104 e. The van der Waals surface area contributed by atoms with Crippen LogP contribution in [0, 0.1) is 0 Å². The summed E-state index contributed by atoms with van der Waals surface area (Å²) in [6.45, 7) is 5.29. The van der Waals surface area contributed by atoms with E-state index < -0.39 is 0 Å². The molecule has 0 amide bonds. The molecule has 0 aliphatic rings. The summed E-state index contributed by atoms with van der Waals surface area (Å²) in [4.78, 5) is 0. The Balaban J connectivity index is 2.16. The second-order valence-electron chi connectivity index (χ2n) is 5.06. The lowest BCUT2D eigenvalue weighted by Crippen LogP contribution is -2.29. The van der Waals surface area contributed by atoms with Gasteiger partial charge in [0, 0.05) is 29.4 Å². The van der Waals surface area contributed by atoms with Gasteiger partial charge in [-0.15, -0.1) is 0 Å². The van der Waals surface area contributed by atoms with E-state index in [4.69, 9.17) is 4.42 Å². The third-order valence-corrected chi connectivity index (χ3v) is 3.87. The zero-order chi connectivity index (χ0) is 13.7. The van der Waals surface area contributed by atoms with Crippen molar-refractivity contribution in [3.05, 3.63) is 58.5 Å². The van der Waals surface area contributed by atoms with E-state index in [1.807, 2.05) is 18.2 Å². The average molecular weight is 322 g/mol. The van der Waals surface area contributed by atoms with Crippen molar-refractivity contribution in [2.24, 2.45) is 0 Å². The van der Waals surface area contributed by atoms with Crippen LogP contribution < -0.4 is 5.32 Å². The summed E-state index contributed by atoms with van der Waals surface area (Å²) in [6.07, 6.45) is 2.65. The molecule has 0 saturated carbocycles. The molecule has 0 aliphatic heterocycles. The van der Waals surface area contributed by atoms with E-state index in [0.717, 1.165) is 23.2 Å². The van der Waals surface area contributed by atoms with Crippen molar-refractivity contribution in [2.75, 3.05) is 6.54 Å². The fourth-order valence-electron chi connectivity index (χ4n) is 2.15. The summed E-state index contributed by atoms with van der Waals surface area (Å²) in [5.74, 6) is 1.44. The predicted molar refractivity (Wildman–Crippen MR) is 82.4 cm³/mol.